The first-order valence-electron chi connectivity index (χ1n) is 7.31. The predicted molar refractivity (Wildman–Crippen MR) is 74.0 cm³/mol. The molecule has 3 atom stereocenters. The van der Waals surface area contributed by atoms with Crippen molar-refractivity contribution in [3.63, 3.8) is 0 Å². The van der Waals surface area contributed by atoms with Crippen molar-refractivity contribution in [3.05, 3.63) is 0 Å². The zero-order chi connectivity index (χ0) is 14.3. The fourth-order valence-corrected chi connectivity index (χ4v) is 2.55. The van der Waals surface area contributed by atoms with E-state index in [1.54, 1.807) is 0 Å². The molecule has 110 valence electrons. The summed E-state index contributed by atoms with van der Waals surface area (Å²) >= 11 is 0. The lowest BCUT2D eigenvalue weighted by atomic mass is 9.97. The van der Waals surface area contributed by atoms with E-state index in [2.05, 4.69) is 17.6 Å². The monoisotopic (exact) mass is 270 g/mol. The molecule has 0 saturated heterocycles. The smallest absolute Gasteiger partial charge is 0.315 e. The Morgan fingerprint density at radius 3 is 2.58 bits per heavy atom. The van der Waals surface area contributed by atoms with Gasteiger partial charge in [-0.2, -0.15) is 0 Å². The molecule has 19 heavy (non-hydrogen) atoms. The molecular formula is C14H26N2O3. The third-order valence-electron chi connectivity index (χ3n) is 4.03. The Morgan fingerprint density at radius 1 is 1.26 bits per heavy atom. The van der Waals surface area contributed by atoms with Crippen molar-refractivity contribution in [2.24, 2.45) is 11.8 Å². The van der Waals surface area contributed by atoms with Crippen molar-refractivity contribution in [2.45, 2.75) is 58.4 Å². The largest absolute Gasteiger partial charge is 0.481 e. The van der Waals surface area contributed by atoms with Gasteiger partial charge in [0.25, 0.3) is 0 Å². The number of urea groups is 1. The van der Waals surface area contributed by atoms with Crippen molar-refractivity contribution in [2.75, 3.05) is 6.54 Å². The molecule has 0 heterocycles. The molecule has 1 aliphatic rings. The summed E-state index contributed by atoms with van der Waals surface area (Å²) in [5, 5.41) is 14.6. The highest BCUT2D eigenvalue weighted by Gasteiger charge is 2.22. The van der Waals surface area contributed by atoms with Crippen molar-refractivity contribution in [1.82, 2.24) is 10.6 Å². The fraction of sp³-hybridized carbons (Fsp3) is 0.857. The van der Waals surface area contributed by atoms with E-state index in [1.165, 1.54) is 12.8 Å². The third kappa shape index (κ3) is 5.49. The topological polar surface area (TPSA) is 78.4 Å². The van der Waals surface area contributed by atoms with Crippen LogP contribution in [0.25, 0.3) is 0 Å². The second-order valence-electron chi connectivity index (χ2n) is 5.52. The van der Waals surface area contributed by atoms with Crippen molar-refractivity contribution in [3.8, 4) is 0 Å². The number of carbonyl (C=O) groups is 2. The first-order chi connectivity index (χ1) is 9.04. The van der Waals surface area contributed by atoms with E-state index < -0.39 is 11.9 Å². The van der Waals surface area contributed by atoms with Crippen LogP contribution in [0.4, 0.5) is 4.79 Å². The summed E-state index contributed by atoms with van der Waals surface area (Å²) in [6, 6.07) is -0.0224. The van der Waals surface area contributed by atoms with E-state index in [4.69, 9.17) is 5.11 Å². The number of hydrogen-bond acceptors (Lipinski definition) is 2. The maximum atomic E-state index is 11.8. The van der Waals surface area contributed by atoms with Gasteiger partial charge in [-0.15, -0.1) is 0 Å². The maximum absolute atomic E-state index is 11.8. The number of hydrogen-bond donors (Lipinski definition) is 3. The Bertz CT molecular complexity index is 307. The van der Waals surface area contributed by atoms with Crippen LogP contribution in [0.15, 0.2) is 0 Å². The van der Waals surface area contributed by atoms with Crippen LogP contribution >= 0.6 is 0 Å². The van der Waals surface area contributed by atoms with Gasteiger partial charge >= 0.3 is 12.0 Å². The van der Waals surface area contributed by atoms with Crippen LogP contribution in [0.1, 0.15) is 52.4 Å². The van der Waals surface area contributed by atoms with E-state index in [0.717, 1.165) is 19.3 Å². The van der Waals surface area contributed by atoms with Crippen LogP contribution in [-0.2, 0) is 4.79 Å². The zero-order valence-electron chi connectivity index (χ0n) is 11.9. The summed E-state index contributed by atoms with van der Waals surface area (Å²) < 4.78 is 0. The normalized spacial score (nSPS) is 25.2. The average Bonchev–Trinajstić information content (AvgIpc) is 2.55. The highest BCUT2D eigenvalue weighted by atomic mass is 16.4. The molecule has 5 nitrogen and oxygen atoms in total. The fourth-order valence-electron chi connectivity index (χ4n) is 2.55. The number of carbonyl (C=O) groups excluding carboxylic acids is 1. The number of carboxylic acids is 1. The van der Waals surface area contributed by atoms with E-state index >= 15 is 0 Å². The molecule has 1 rings (SSSR count). The minimum Gasteiger partial charge on any atom is -0.481 e. The molecule has 0 aromatic carbocycles. The molecule has 0 aromatic rings. The summed E-state index contributed by atoms with van der Waals surface area (Å²) in [7, 11) is 0. The van der Waals surface area contributed by atoms with Gasteiger partial charge in [0.2, 0.25) is 0 Å². The number of aliphatic carboxylic acids is 1. The predicted octanol–water partition coefficient (Wildman–Crippen LogP) is 2.37. The zero-order valence-corrected chi connectivity index (χ0v) is 11.9. The highest BCUT2D eigenvalue weighted by molar-refractivity contribution is 5.76. The summed E-state index contributed by atoms with van der Waals surface area (Å²) in [4.78, 5) is 22.7. The molecular weight excluding hydrogens is 244 g/mol. The Kier molecular flexibility index (Phi) is 6.67. The van der Waals surface area contributed by atoms with E-state index in [9.17, 15) is 9.59 Å². The molecule has 0 bridgehead atoms. The quantitative estimate of drug-likeness (QED) is 0.671. The Hall–Kier alpha value is -1.26. The second kappa shape index (κ2) is 8.02. The van der Waals surface area contributed by atoms with Gasteiger partial charge in [0.1, 0.15) is 0 Å². The molecule has 1 saturated carbocycles. The van der Waals surface area contributed by atoms with Crippen LogP contribution in [0.3, 0.4) is 0 Å². The molecule has 3 N–H and O–H groups in total. The Balaban J connectivity index is 2.35. The lowest BCUT2D eigenvalue weighted by Crippen LogP contribution is -2.46. The van der Waals surface area contributed by atoms with Crippen molar-refractivity contribution >= 4 is 12.0 Å². The van der Waals surface area contributed by atoms with Gasteiger partial charge in [-0.25, -0.2) is 4.79 Å². The van der Waals surface area contributed by atoms with Gasteiger partial charge in [0.05, 0.1) is 5.92 Å². The lowest BCUT2D eigenvalue weighted by Gasteiger charge is -2.23. The highest BCUT2D eigenvalue weighted by Crippen LogP contribution is 2.22. The minimum absolute atomic E-state index is 0.193. The van der Waals surface area contributed by atoms with Gasteiger partial charge in [-0.05, 0) is 25.2 Å². The molecule has 0 aliphatic heterocycles. The van der Waals surface area contributed by atoms with Gasteiger partial charge < -0.3 is 15.7 Å². The lowest BCUT2D eigenvalue weighted by molar-refractivity contribution is -0.141. The molecule has 0 aromatic heterocycles. The van der Waals surface area contributed by atoms with Gasteiger partial charge in [-0.3, -0.25) is 4.79 Å². The number of rotatable bonds is 5. The van der Waals surface area contributed by atoms with Gasteiger partial charge in [0.15, 0.2) is 0 Å². The SMILES string of the molecule is CCC(CNC(=O)NC1CCCCCC1C)C(=O)O. The van der Waals surface area contributed by atoms with Crippen molar-refractivity contribution < 1.29 is 14.7 Å². The van der Waals surface area contributed by atoms with Crippen LogP contribution in [-0.4, -0.2) is 29.7 Å². The first kappa shape index (κ1) is 15.8. The number of nitrogens with one attached hydrogen (secondary N) is 2. The molecule has 2 amide bonds. The molecule has 5 heteroatoms. The maximum Gasteiger partial charge on any atom is 0.315 e. The van der Waals surface area contributed by atoms with Crippen molar-refractivity contribution in [1.29, 1.82) is 0 Å². The molecule has 0 radical (unpaired) electrons. The summed E-state index contributed by atoms with van der Waals surface area (Å²) in [6.07, 6.45) is 6.32. The van der Waals surface area contributed by atoms with Crippen LogP contribution in [0, 0.1) is 11.8 Å². The molecule has 0 spiro atoms. The third-order valence-corrected chi connectivity index (χ3v) is 4.03. The number of amides is 2. The van der Waals surface area contributed by atoms with Gasteiger partial charge in [-0.1, -0.05) is 33.1 Å². The Morgan fingerprint density at radius 2 is 1.95 bits per heavy atom. The average molecular weight is 270 g/mol. The standard InChI is InChI=1S/C14H26N2O3/c1-3-11(13(17)18)9-15-14(19)16-12-8-6-4-5-7-10(12)2/h10-12H,3-9H2,1-2H3,(H,17,18)(H2,15,16,19). The van der Waals surface area contributed by atoms with Gasteiger partial charge in [0, 0.05) is 12.6 Å². The molecule has 1 fully saturated rings. The van der Waals surface area contributed by atoms with Crippen LogP contribution in [0.2, 0.25) is 0 Å². The number of carboxylic acid groups (broad SMARTS) is 1. The van der Waals surface area contributed by atoms with E-state index in [-0.39, 0.29) is 18.6 Å². The molecule has 1 aliphatic carbocycles. The van der Waals surface area contributed by atoms with Crippen LogP contribution in [0.5, 0.6) is 0 Å². The second-order valence-corrected chi connectivity index (χ2v) is 5.52. The van der Waals surface area contributed by atoms with Crippen LogP contribution < -0.4 is 10.6 Å². The van der Waals surface area contributed by atoms with E-state index in [1.807, 2.05) is 6.92 Å². The molecule has 3 unspecified atom stereocenters. The summed E-state index contributed by atoms with van der Waals surface area (Å²) in [5.41, 5.74) is 0. The minimum atomic E-state index is -0.856. The summed E-state index contributed by atoms with van der Waals surface area (Å²) in [5.74, 6) is -0.863. The summed E-state index contributed by atoms with van der Waals surface area (Å²) in [6.45, 7) is 4.17. The van der Waals surface area contributed by atoms with E-state index in [0.29, 0.717) is 12.3 Å². The first-order valence-corrected chi connectivity index (χ1v) is 7.31. The Labute approximate surface area is 115 Å².